The molecular formula is C24H48O8Si4. The molecule has 4 aliphatic carbocycles. The zero-order chi connectivity index (χ0) is 25.9. The van der Waals surface area contributed by atoms with E-state index in [0.717, 1.165) is 51.4 Å². The minimum absolute atomic E-state index is 0.0380. The molecule has 1 aliphatic heterocycles. The number of hydrogen-bond acceptors (Lipinski definition) is 8. The Kier molecular flexibility index (Phi) is 7.95. The van der Waals surface area contributed by atoms with Gasteiger partial charge in [-0.1, -0.05) is 0 Å². The third-order valence-electron chi connectivity index (χ3n) is 7.05. The molecule has 8 nitrogen and oxygen atoms in total. The van der Waals surface area contributed by atoms with Gasteiger partial charge in [0.1, 0.15) is 0 Å². The number of hydrogen-bond donors (Lipinski definition) is 0. The second kappa shape index (κ2) is 10.2. The van der Waals surface area contributed by atoms with Crippen LogP contribution in [0.4, 0.5) is 0 Å². The molecule has 5 rings (SSSR count). The summed E-state index contributed by atoms with van der Waals surface area (Å²) in [5.41, 5.74) is 0.985. The van der Waals surface area contributed by atoms with Gasteiger partial charge in [0.05, 0.1) is 0 Å². The molecular weight excluding hydrogens is 529 g/mol. The SMILES string of the molecule is CC(C)O[Si]1(C2CC2)O[Si](OC(C)C)(C2CC2)O[Si](OC(C)C)(C2CC2)O[Si](OC(C)C)(C2CC2)O1. The van der Waals surface area contributed by atoms with Crippen molar-refractivity contribution in [2.75, 3.05) is 0 Å². The monoisotopic (exact) mass is 576 g/mol. The van der Waals surface area contributed by atoms with Gasteiger partial charge in [0.2, 0.25) is 0 Å². The maximum absolute atomic E-state index is 7.38. The normalized spacial score (nSPS) is 40.3. The maximum Gasteiger partial charge on any atom is 0.489 e. The van der Waals surface area contributed by atoms with Crippen LogP contribution in [0.1, 0.15) is 107 Å². The molecule has 1 heterocycles. The van der Waals surface area contributed by atoms with Crippen LogP contribution in [0, 0.1) is 0 Å². The molecule has 0 spiro atoms. The Morgan fingerprint density at radius 1 is 0.389 bits per heavy atom. The molecule has 0 radical (unpaired) electrons. The Morgan fingerprint density at radius 3 is 0.667 bits per heavy atom. The van der Waals surface area contributed by atoms with Crippen molar-refractivity contribution in [2.24, 2.45) is 0 Å². The van der Waals surface area contributed by atoms with E-state index >= 15 is 0 Å². The van der Waals surface area contributed by atoms with Crippen LogP contribution >= 0.6 is 0 Å². The minimum atomic E-state index is -3.27. The Hall–Kier alpha value is 0.548. The van der Waals surface area contributed by atoms with Crippen LogP contribution in [0.3, 0.4) is 0 Å². The molecule has 0 amide bonds. The second-order valence-corrected chi connectivity index (χ2v) is 24.9. The van der Waals surface area contributed by atoms with Crippen LogP contribution in [0.15, 0.2) is 0 Å². The molecule has 0 aromatic rings. The molecule has 0 aromatic carbocycles. The lowest BCUT2D eigenvalue weighted by molar-refractivity contribution is -0.0154. The topological polar surface area (TPSA) is 73.8 Å². The highest BCUT2D eigenvalue weighted by Crippen LogP contribution is 2.61. The molecule has 5 fully saturated rings. The fraction of sp³-hybridized carbons (Fsp3) is 1.00. The Bertz CT molecular complexity index is 644. The first-order chi connectivity index (χ1) is 16.9. The summed E-state index contributed by atoms with van der Waals surface area (Å²) in [5.74, 6) is 0. The first-order valence-corrected chi connectivity index (χ1v) is 21.6. The van der Waals surface area contributed by atoms with E-state index in [2.05, 4.69) is 55.4 Å². The van der Waals surface area contributed by atoms with Gasteiger partial charge in [0.25, 0.3) is 0 Å². The van der Waals surface area contributed by atoms with E-state index < -0.39 is 35.2 Å². The van der Waals surface area contributed by atoms with Gasteiger partial charge in [-0.2, -0.15) is 0 Å². The Morgan fingerprint density at radius 2 is 0.556 bits per heavy atom. The summed E-state index contributed by atoms with van der Waals surface area (Å²) < 4.78 is 56.8. The van der Waals surface area contributed by atoms with Gasteiger partial charge in [0.15, 0.2) is 0 Å². The van der Waals surface area contributed by atoms with Crippen LogP contribution in [0.2, 0.25) is 22.2 Å². The van der Waals surface area contributed by atoms with Gasteiger partial charge in [-0.3, -0.25) is 0 Å². The van der Waals surface area contributed by atoms with E-state index in [1.54, 1.807) is 0 Å². The van der Waals surface area contributed by atoms with Crippen molar-refractivity contribution in [3.63, 3.8) is 0 Å². The van der Waals surface area contributed by atoms with Crippen LogP contribution in [0.5, 0.6) is 0 Å². The largest absolute Gasteiger partial charge is 0.489 e. The highest BCUT2D eigenvalue weighted by Gasteiger charge is 2.78. The van der Waals surface area contributed by atoms with Crippen molar-refractivity contribution in [1.82, 2.24) is 0 Å². The summed E-state index contributed by atoms with van der Waals surface area (Å²) in [4.78, 5) is 0. The van der Waals surface area contributed by atoms with Crippen molar-refractivity contribution in [3.8, 4) is 0 Å². The molecule has 0 N–H and O–H groups in total. The summed E-state index contributed by atoms with van der Waals surface area (Å²) in [6.07, 6.45) is 8.18. The van der Waals surface area contributed by atoms with Gasteiger partial charge in [-0.15, -0.1) is 0 Å². The fourth-order valence-corrected chi connectivity index (χ4v) is 27.5. The van der Waals surface area contributed by atoms with E-state index in [4.69, 9.17) is 34.2 Å². The smallest absolute Gasteiger partial charge is 0.372 e. The van der Waals surface area contributed by atoms with Gasteiger partial charge < -0.3 is 34.2 Å². The minimum Gasteiger partial charge on any atom is -0.372 e. The van der Waals surface area contributed by atoms with E-state index in [0.29, 0.717) is 0 Å². The van der Waals surface area contributed by atoms with E-state index in [9.17, 15) is 0 Å². The summed E-state index contributed by atoms with van der Waals surface area (Å²) in [5, 5.41) is 0. The molecule has 1 saturated heterocycles. The molecule has 12 heteroatoms. The predicted molar refractivity (Wildman–Crippen MR) is 144 cm³/mol. The van der Waals surface area contributed by atoms with Crippen molar-refractivity contribution < 1.29 is 34.2 Å². The molecule has 4 saturated carbocycles. The molecule has 0 atom stereocenters. The highest BCUT2D eigenvalue weighted by atomic mass is 28.6. The van der Waals surface area contributed by atoms with Crippen molar-refractivity contribution >= 4 is 35.2 Å². The molecule has 208 valence electrons. The van der Waals surface area contributed by atoms with Crippen molar-refractivity contribution in [1.29, 1.82) is 0 Å². The zero-order valence-electron chi connectivity index (χ0n) is 23.5. The maximum atomic E-state index is 7.38. The van der Waals surface area contributed by atoms with Crippen molar-refractivity contribution in [3.05, 3.63) is 0 Å². The quantitative estimate of drug-likeness (QED) is 0.255. The summed E-state index contributed by atoms with van der Waals surface area (Å²) in [7, 11) is -13.1. The molecule has 36 heavy (non-hydrogen) atoms. The van der Waals surface area contributed by atoms with Gasteiger partial charge in [-0.05, 0) is 107 Å². The van der Waals surface area contributed by atoms with Crippen LogP contribution in [-0.2, 0) is 34.2 Å². The molecule has 0 aromatic heterocycles. The summed E-state index contributed by atoms with van der Waals surface area (Å²) in [6, 6.07) is 0. The van der Waals surface area contributed by atoms with Crippen LogP contribution in [-0.4, -0.2) is 59.6 Å². The average Bonchev–Trinajstić information content (AvgIpc) is 3.61. The lowest BCUT2D eigenvalue weighted by atomic mass is 10.5. The van der Waals surface area contributed by atoms with Crippen LogP contribution < -0.4 is 0 Å². The van der Waals surface area contributed by atoms with Gasteiger partial charge in [-0.25, -0.2) is 0 Å². The standard InChI is InChI=1S/C24H48O8Si4/c1-17(2)25-33(21-9-10-21)29-34(22-11-12-22,26-18(3)4)31-36(24-15-16-24,28-20(7)8)32-35(30-33,23-13-14-23)27-19(5)6/h17-24H,9-16H2,1-8H3. The molecule has 0 unspecified atom stereocenters. The average molecular weight is 577 g/mol. The Balaban J connectivity index is 1.66. The van der Waals surface area contributed by atoms with E-state index in [-0.39, 0.29) is 46.6 Å². The molecule has 0 bridgehead atoms. The highest BCUT2D eigenvalue weighted by molar-refractivity contribution is 6.91. The lowest BCUT2D eigenvalue weighted by Crippen LogP contribution is -2.75. The second-order valence-electron chi connectivity index (χ2n) is 12.6. The zero-order valence-corrected chi connectivity index (χ0v) is 27.5. The molecule has 5 aliphatic rings. The predicted octanol–water partition coefficient (Wildman–Crippen LogP) is 6.18. The summed E-state index contributed by atoms with van der Waals surface area (Å²) in [6.45, 7) is 16.6. The number of rotatable bonds is 12. The lowest BCUT2D eigenvalue weighted by Gasteiger charge is -2.52. The Labute approximate surface area is 222 Å². The third kappa shape index (κ3) is 5.99. The van der Waals surface area contributed by atoms with E-state index in [1.165, 1.54) is 0 Å². The first-order valence-electron chi connectivity index (χ1n) is 14.4. The third-order valence-corrected chi connectivity index (χ3v) is 25.7. The first kappa shape index (κ1) is 28.1. The van der Waals surface area contributed by atoms with Gasteiger partial charge in [0, 0.05) is 46.6 Å². The van der Waals surface area contributed by atoms with Crippen LogP contribution in [0.25, 0.3) is 0 Å². The van der Waals surface area contributed by atoms with Gasteiger partial charge >= 0.3 is 35.2 Å². The van der Waals surface area contributed by atoms with E-state index in [1.807, 2.05) is 0 Å². The summed E-state index contributed by atoms with van der Waals surface area (Å²) >= 11 is 0. The van der Waals surface area contributed by atoms with Crippen molar-refractivity contribution in [2.45, 2.75) is 153 Å². The fourth-order valence-electron chi connectivity index (χ4n) is 5.18.